The molecule has 3 heterocycles. The lowest BCUT2D eigenvalue weighted by Gasteiger charge is -2.36. The van der Waals surface area contributed by atoms with E-state index in [0.29, 0.717) is 57.4 Å². The van der Waals surface area contributed by atoms with Crippen molar-refractivity contribution in [1.29, 1.82) is 0 Å². The number of hydrogen-bond acceptors (Lipinski definition) is 8. The van der Waals surface area contributed by atoms with Crippen LogP contribution in [0.4, 0.5) is 10.1 Å². The third-order valence-electron chi connectivity index (χ3n) is 7.04. The summed E-state index contributed by atoms with van der Waals surface area (Å²) in [5, 5.41) is 0. The minimum absolute atomic E-state index is 0.0599. The molecule has 12 heteroatoms. The van der Waals surface area contributed by atoms with Gasteiger partial charge >= 0.3 is 0 Å². The molecule has 40 heavy (non-hydrogen) atoms. The molecule has 0 saturated carbocycles. The molecule has 3 aliphatic heterocycles. The van der Waals surface area contributed by atoms with E-state index in [-0.39, 0.29) is 23.3 Å². The first-order chi connectivity index (χ1) is 19.4. The van der Waals surface area contributed by atoms with E-state index >= 15 is 0 Å². The molecule has 3 aliphatic rings. The molecule has 3 aromatic carbocycles. The van der Waals surface area contributed by atoms with Crippen LogP contribution in [0, 0.1) is 5.82 Å². The van der Waals surface area contributed by atoms with Gasteiger partial charge in [-0.25, -0.2) is 12.8 Å². The monoisotopic (exact) mass is 569 g/mol. The number of ether oxygens (including phenoxy) is 4. The Labute approximate surface area is 231 Å². The van der Waals surface area contributed by atoms with Crippen molar-refractivity contribution in [3.8, 4) is 23.0 Å². The summed E-state index contributed by atoms with van der Waals surface area (Å²) in [4.78, 5) is 17.2. The van der Waals surface area contributed by atoms with Crippen LogP contribution in [0.1, 0.15) is 5.56 Å². The van der Waals surface area contributed by atoms with Crippen molar-refractivity contribution in [1.82, 2.24) is 9.80 Å². The summed E-state index contributed by atoms with van der Waals surface area (Å²) in [7, 11) is -4.24. The van der Waals surface area contributed by atoms with Gasteiger partial charge in [-0.3, -0.25) is 14.0 Å². The van der Waals surface area contributed by atoms with Crippen molar-refractivity contribution in [3.63, 3.8) is 0 Å². The summed E-state index contributed by atoms with van der Waals surface area (Å²) >= 11 is 0. The van der Waals surface area contributed by atoms with E-state index in [1.165, 1.54) is 36.4 Å². The van der Waals surface area contributed by atoms with Gasteiger partial charge in [-0.2, -0.15) is 0 Å². The molecule has 0 radical (unpaired) electrons. The maximum atomic E-state index is 14.2. The van der Waals surface area contributed by atoms with Crippen LogP contribution >= 0.6 is 0 Å². The largest absolute Gasteiger partial charge is 0.486 e. The second kappa shape index (κ2) is 10.9. The molecule has 0 spiro atoms. The summed E-state index contributed by atoms with van der Waals surface area (Å²) in [6.45, 7) is 3.21. The summed E-state index contributed by atoms with van der Waals surface area (Å²) < 4.78 is 64.6. The van der Waals surface area contributed by atoms with Crippen LogP contribution in [0.25, 0.3) is 0 Å². The molecule has 3 aromatic rings. The van der Waals surface area contributed by atoms with Gasteiger partial charge in [0, 0.05) is 38.8 Å². The molecule has 1 fully saturated rings. The molecule has 0 aliphatic carbocycles. The second-order valence-electron chi connectivity index (χ2n) is 9.64. The first-order valence-electron chi connectivity index (χ1n) is 12.9. The van der Waals surface area contributed by atoms with Gasteiger partial charge in [0.05, 0.1) is 10.6 Å². The first-order valence-corrected chi connectivity index (χ1v) is 14.4. The van der Waals surface area contributed by atoms with E-state index in [2.05, 4.69) is 4.90 Å². The van der Waals surface area contributed by atoms with Crippen molar-refractivity contribution in [2.24, 2.45) is 0 Å². The Morgan fingerprint density at radius 1 is 0.825 bits per heavy atom. The number of carbonyl (C=O) groups is 1. The minimum Gasteiger partial charge on any atom is -0.486 e. The summed E-state index contributed by atoms with van der Waals surface area (Å²) in [5.74, 6) is 1.22. The average Bonchev–Trinajstić information content (AvgIpc) is 3.44. The minimum atomic E-state index is -4.24. The summed E-state index contributed by atoms with van der Waals surface area (Å²) in [5.41, 5.74) is 1.14. The number of hydrogen-bond donors (Lipinski definition) is 0. The van der Waals surface area contributed by atoms with E-state index in [0.717, 1.165) is 27.4 Å². The highest BCUT2D eigenvalue weighted by Gasteiger charge is 2.31. The number of amides is 1. The number of sulfonamides is 1. The highest BCUT2D eigenvalue weighted by molar-refractivity contribution is 7.92. The van der Waals surface area contributed by atoms with Gasteiger partial charge < -0.3 is 23.8 Å². The zero-order valence-corrected chi connectivity index (χ0v) is 22.4. The zero-order valence-electron chi connectivity index (χ0n) is 21.6. The van der Waals surface area contributed by atoms with Crippen molar-refractivity contribution in [2.75, 3.05) is 57.0 Å². The van der Waals surface area contributed by atoms with E-state index in [1.807, 2.05) is 18.2 Å². The van der Waals surface area contributed by atoms with Gasteiger partial charge in [0.15, 0.2) is 23.0 Å². The fourth-order valence-corrected chi connectivity index (χ4v) is 6.36. The van der Waals surface area contributed by atoms with Crippen LogP contribution in [0.2, 0.25) is 0 Å². The van der Waals surface area contributed by atoms with Crippen LogP contribution in [-0.2, 0) is 21.4 Å². The van der Waals surface area contributed by atoms with Gasteiger partial charge in [0.2, 0.25) is 12.7 Å². The smallest absolute Gasteiger partial charge is 0.264 e. The fraction of sp³-hybridized carbons (Fsp3) is 0.321. The number of rotatable bonds is 7. The molecule has 6 rings (SSSR count). The van der Waals surface area contributed by atoms with Crippen molar-refractivity contribution >= 4 is 21.6 Å². The number of carbonyl (C=O) groups excluding carboxylic acids is 1. The van der Waals surface area contributed by atoms with Crippen LogP contribution in [-0.4, -0.2) is 76.9 Å². The number of piperazine rings is 1. The quantitative estimate of drug-likeness (QED) is 0.429. The molecule has 10 nitrogen and oxygen atoms in total. The molecule has 0 N–H and O–H groups in total. The molecule has 0 unspecified atom stereocenters. The predicted molar refractivity (Wildman–Crippen MR) is 143 cm³/mol. The summed E-state index contributed by atoms with van der Waals surface area (Å²) in [6.07, 6.45) is 0. The highest BCUT2D eigenvalue weighted by Crippen LogP contribution is 2.35. The van der Waals surface area contributed by atoms with Crippen LogP contribution < -0.4 is 23.3 Å². The Balaban J connectivity index is 1.16. The lowest BCUT2D eigenvalue weighted by Crippen LogP contribution is -2.51. The lowest BCUT2D eigenvalue weighted by molar-refractivity contribution is -0.131. The Kier molecular flexibility index (Phi) is 7.11. The highest BCUT2D eigenvalue weighted by atomic mass is 32.2. The van der Waals surface area contributed by atoms with Crippen LogP contribution in [0.3, 0.4) is 0 Å². The topological polar surface area (TPSA) is 97.9 Å². The van der Waals surface area contributed by atoms with E-state index in [1.54, 1.807) is 4.90 Å². The number of halogens is 1. The van der Waals surface area contributed by atoms with Crippen molar-refractivity contribution < 1.29 is 36.6 Å². The molecule has 1 saturated heterocycles. The van der Waals surface area contributed by atoms with Gasteiger partial charge in [0.1, 0.15) is 25.6 Å². The molecule has 0 bridgehead atoms. The number of anilines is 1. The second-order valence-corrected chi connectivity index (χ2v) is 11.5. The standard InChI is InChI=1S/C28H28FN3O7S/c29-21-2-1-3-22(15-21)32(40(34,35)23-5-7-24-27(16-23)37-13-12-36-24)18-28(33)31-10-8-30(9-11-31)17-20-4-6-25-26(14-20)39-19-38-25/h1-7,14-16H,8-13,17-19H2. The third-order valence-corrected chi connectivity index (χ3v) is 8.81. The molecular weight excluding hydrogens is 541 g/mol. The van der Waals surface area contributed by atoms with Gasteiger partial charge in [-0.1, -0.05) is 12.1 Å². The molecular formula is C28H28FN3O7S. The SMILES string of the molecule is O=C(CN(c1cccc(F)c1)S(=O)(=O)c1ccc2c(c1)OCCO2)N1CCN(Cc2ccc3c(c2)OCO3)CC1. The first kappa shape index (κ1) is 26.2. The lowest BCUT2D eigenvalue weighted by atomic mass is 10.1. The number of nitrogens with zero attached hydrogens (tertiary/aromatic N) is 3. The Morgan fingerprint density at radius 3 is 2.33 bits per heavy atom. The fourth-order valence-electron chi connectivity index (χ4n) is 4.93. The maximum absolute atomic E-state index is 14.2. The Bertz CT molecular complexity index is 1530. The van der Waals surface area contributed by atoms with Gasteiger partial charge in [0.25, 0.3) is 10.0 Å². The van der Waals surface area contributed by atoms with Gasteiger partial charge in [-0.15, -0.1) is 0 Å². The molecule has 210 valence electrons. The molecule has 1 amide bonds. The van der Waals surface area contributed by atoms with E-state index in [4.69, 9.17) is 18.9 Å². The van der Waals surface area contributed by atoms with Crippen molar-refractivity contribution in [2.45, 2.75) is 11.4 Å². The summed E-state index contributed by atoms with van der Waals surface area (Å²) in [6, 6.07) is 15.3. The maximum Gasteiger partial charge on any atom is 0.264 e. The number of fused-ring (bicyclic) bond motifs is 2. The van der Waals surface area contributed by atoms with Crippen LogP contribution in [0.5, 0.6) is 23.0 Å². The van der Waals surface area contributed by atoms with E-state index in [9.17, 15) is 17.6 Å². The third kappa shape index (κ3) is 5.36. The average molecular weight is 570 g/mol. The Morgan fingerprint density at radius 2 is 1.52 bits per heavy atom. The number of benzene rings is 3. The van der Waals surface area contributed by atoms with Gasteiger partial charge in [-0.05, 0) is 48.0 Å². The predicted octanol–water partition coefficient (Wildman–Crippen LogP) is 2.87. The molecule has 0 atom stereocenters. The van der Waals surface area contributed by atoms with Crippen LogP contribution in [0.15, 0.2) is 65.6 Å². The van der Waals surface area contributed by atoms with Crippen molar-refractivity contribution in [3.05, 3.63) is 72.0 Å². The zero-order chi connectivity index (χ0) is 27.7. The normalized spacial score (nSPS) is 16.6. The molecule has 0 aromatic heterocycles. The van der Waals surface area contributed by atoms with E-state index < -0.39 is 22.4 Å². The Hall–Kier alpha value is -4.03.